The van der Waals surface area contributed by atoms with E-state index in [1.54, 1.807) is 5.56 Å². The number of hydrogen-bond acceptors (Lipinski definition) is 6. The number of nitrogens with zero attached hydrogens (tertiary/aromatic N) is 3. The van der Waals surface area contributed by atoms with Gasteiger partial charge in [-0.1, -0.05) is 56.4 Å². The summed E-state index contributed by atoms with van der Waals surface area (Å²) in [7, 11) is 3.35. The lowest BCUT2D eigenvalue weighted by Gasteiger charge is -2.55. The summed E-state index contributed by atoms with van der Waals surface area (Å²) in [6.07, 6.45) is 15.6. The highest BCUT2D eigenvalue weighted by Gasteiger charge is 2.66. The zero-order valence-electron chi connectivity index (χ0n) is 28.6. The number of para-hydroxylation sites is 1. The fraction of sp³-hybridized carbons (Fsp3) is 0.488. The van der Waals surface area contributed by atoms with Crippen LogP contribution in [0.4, 0.5) is 5.69 Å². The lowest BCUT2D eigenvalue weighted by molar-refractivity contribution is -0.137. The molecular weight excluding hydrogens is 596 g/mol. The number of rotatable bonds is 5. The Morgan fingerprint density at radius 2 is 1.79 bits per heavy atom. The molecule has 1 spiro atoms. The Morgan fingerprint density at radius 3 is 2.58 bits per heavy atom. The molecule has 7 heteroatoms. The van der Waals surface area contributed by atoms with Crippen molar-refractivity contribution in [3.63, 3.8) is 0 Å². The molecule has 2 aromatic carbocycles. The van der Waals surface area contributed by atoms with Crippen molar-refractivity contribution in [1.29, 1.82) is 0 Å². The third-order valence-corrected chi connectivity index (χ3v) is 14.0. The first kappa shape index (κ1) is 29.1. The summed E-state index contributed by atoms with van der Waals surface area (Å²) in [6.45, 7) is 8.80. The summed E-state index contributed by atoms with van der Waals surface area (Å²) in [5.41, 5.74) is 9.56. The minimum Gasteiger partial charge on any atom is -0.496 e. The van der Waals surface area contributed by atoms with E-state index in [2.05, 4.69) is 94.2 Å². The molecule has 1 aliphatic carbocycles. The number of nitrogens with one attached hydrogen (secondary N) is 1. The quantitative estimate of drug-likeness (QED) is 0.238. The first-order chi connectivity index (χ1) is 23.4. The zero-order valence-corrected chi connectivity index (χ0v) is 28.6. The lowest BCUT2D eigenvalue weighted by Crippen LogP contribution is -2.58. The molecule has 0 radical (unpaired) electrons. The molecule has 248 valence electrons. The molecular formula is C41H46N4O3. The van der Waals surface area contributed by atoms with Crippen molar-refractivity contribution in [2.75, 3.05) is 45.7 Å². The second kappa shape index (κ2) is 9.88. The van der Waals surface area contributed by atoms with Gasteiger partial charge in [0.15, 0.2) is 0 Å². The van der Waals surface area contributed by atoms with Gasteiger partial charge in [-0.2, -0.15) is 0 Å². The number of esters is 1. The van der Waals surface area contributed by atoms with Crippen LogP contribution in [0.3, 0.4) is 0 Å². The molecule has 1 fully saturated rings. The van der Waals surface area contributed by atoms with E-state index < -0.39 is 0 Å². The summed E-state index contributed by atoms with van der Waals surface area (Å²) < 4.78 is 14.6. The second-order valence-corrected chi connectivity index (χ2v) is 15.5. The highest BCUT2D eigenvalue weighted by atomic mass is 16.5. The molecule has 1 aromatic heterocycles. The van der Waals surface area contributed by atoms with Crippen LogP contribution < -0.4 is 10.1 Å². The maximum Gasteiger partial charge on any atom is 0.335 e. The lowest BCUT2D eigenvalue weighted by atomic mass is 9.55. The summed E-state index contributed by atoms with van der Waals surface area (Å²) in [6, 6.07) is 14.7. The molecule has 6 aliphatic heterocycles. The Labute approximate surface area is 283 Å². The van der Waals surface area contributed by atoms with Crippen molar-refractivity contribution in [2.45, 2.75) is 75.9 Å². The highest BCUT2D eigenvalue weighted by molar-refractivity contribution is 5.93. The van der Waals surface area contributed by atoms with E-state index in [1.807, 2.05) is 7.11 Å². The van der Waals surface area contributed by atoms with Crippen molar-refractivity contribution in [2.24, 2.45) is 10.8 Å². The predicted octanol–water partition coefficient (Wildman–Crippen LogP) is 7.04. The standard InChI is InChI=1S/C41H46N4O3/c1-5-39-14-9-17-43-19-13-26-25-11-7-8-12-31(25)45(34(26)36(39)43)32(24-39)27-21-29-30(22-33(27)47-3)42-35-28(37(46)48-4)23-40(6-2)15-10-18-44-20-16-41(29,35)38(40)44/h7-12,14-15,21-22,32,36,38,42H,5-6,13,16-20,23-24H2,1-4H3/t32?,36-,38-,39+,40-,41-/m0/s1. The zero-order chi connectivity index (χ0) is 32.6. The number of ether oxygens (including phenoxy) is 2. The van der Waals surface area contributed by atoms with E-state index in [0.717, 1.165) is 81.0 Å². The van der Waals surface area contributed by atoms with Gasteiger partial charge in [0, 0.05) is 82.7 Å². The van der Waals surface area contributed by atoms with Gasteiger partial charge in [0.05, 0.1) is 37.3 Å². The number of hydrogen-bond donors (Lipinski definition) is 1. The molecule has 1 saturated heterocycles. The van der Waals surface area contributed by atoms with Gasteiger partial charge in [0.1, 0.15) is 5.75 Å². The fourth-order valence-corrected chi connectivity index (χ4v) is 12.0. The van der Waals surface area contributed by atoms with Crippen LogP contribution in [0.1, 0.15) is 80.4 Å². The molecule has 7 aliphatic rings. The normalized spacial score (nSPS) is 34.0. The van der Waals surface area contributed by atoms with E-state index in [-0.39, 0.29) is 34.3 Å². The smallest absolute Gasteiger partial charge is 0.335 e. The Hall–Kier alpha value is -3.81. The van der Waals surface area contributed by atoms with Gasteiger partial charge in [-0.3, -0.25) is 9.80 Å². The molecule has 7 nitrogen and oxygen atoms in total. The predicted molar refractivity (Wildman–Crippen MR) is 188 cm³/mol. The summed E-state index contributed by atoms with van der Waals surface area (Å²) in [5.74, 6) is 0.716. The first-order valence-corrected chi connectivity index (χ1v) is 18.2. The van der Waals surface area contributed by atoms with Gasteiger partial charge < -0.3 is 19.4 Å². The Bertz CT molecular complexity index is 2010. The maximum absolute atomic E-state index is 13.6. The van der Waals surface area contributed by atoms with Gasteiger partial charge >= 0.3 is 5.97 Å². The average molecular weight is 643 g/mol. The van der Waals surface area contributed by atoms with Crippen LogP contribution in [0.25, 0.3) is 10.9 Å². The number of anilines is 1. The molecule has 48 heavy (non-hydrogen) atoms. The monoisotopic (exact) mass is 642 g/mol. The summed E-state index contributed by atoms with van der Waals surface area (Å²) >= 11 is 0. The minimum absolute atomic E-state index is 0.0483. The van der Waals surface area contributed by atoms with Crippen LogP contribution in [-0.2, 0) is 21.4 Å². The maximum atomic E-state index is 13.6. The molecule has 3 aromatic rings. The van der Waals surface area contributed by atoms with Crippen LogP contribution >= 0.6 is 0 Å². The van der Waals surface area contributed by atoms with Gasteiger partial charge in [0.25, 0.3) is 0 Å². The molecule has 1 N–H and O–H groups in total. The molecule has 1 unspecified atom stereocenters. The largest absolute Gasteiger partial charge is 0.496 e. The number of carbonyl (C=O) groups excluding carboxylic acids is 1. The van der Waals surface area contributed by atoms with Crippen LogP contribution in [-0.4, -0.2) is 66.8 Å². The number of carbonyl (C=O) groups is 1. The number of methoxy groups -OCH3 is 2. The van der Waals surface area contributed by atoms with E-state index >= 15 is 0 Å². The van der Waals surface area contributed by atoms with E-state index in [0.29, 0.717) is 12.5 Å². The Kier molecular flexibility index (Phi) is 6.00. The number of aromatic nitrogens is 1. The van der Waals surface area contributed by atoms with Gasteiger partial charge in [0.2, 0.25) is 0 Å². The van der Waals surface area contributed by atoms with Crippen LogP contribution in [0, 0.1) is 10.8 Å². The van der Waals surface area contributed by atoms with E-state index in [1.165, 1.54) is 34.8 Å². The summed E-state index contributed by atoms with van der Waals surface area (Å²) in [4.78, 5) is 19.0. The van der Waals surface area contributed by atoms with Gasteiger partial charge in [-0.25, -0.2) is 4.79 Å². The van der Waals surface area contributed by atoms with Crippen LogP contribution in [0.5, 0.6) is 5.75 Å². The van der Waals surface area contributed by atoms with E-state index in [9.17, 15) is 4.79 Å². The Balaban J connectivity index is 1.24. The molecule has 10 rings (SSSR count). The van der Waals surface area contributed by atoms with Crippen molar-refractivity contribution < 1.29 is 14.3 Å². The van der Waals surface area contributed by atoms with Gasteiger partial charge in [-0.05, 0) is 61.8 Å². The molecule has 0 saturated carbocycles. The van der Waals surface area contributed by atoms with Crippen LogP contribution in [0.15, 0.2) is 72.0 Å². The van der Waals surface area contributed by atoms with E-state index in [4.69, 9.17) is 9.47 Å². The second-order valence-electron chi connectivity index (χ2n) is 15.5. The van der Waals surface area contributed by atoms with Crippen molar-refractivity contribution >= 4 is 22.6 Å². The topological polar surface area (TPSA) is 59.0 Å². The molecule has 6 atom stereocenters. The third-order valence-electron chi connectivity index (χ3n) is 14.0. The van der Waals surface area contributed by atoms with Crippen molar-refractivity contribution in [1.82, 2.24) is 14.4 Å². The minimum atomic E-state index is -0.307. The molecule has 0 bridgehead atoms. The Morgan fingerprint density at radius 1 is 1.00 bits per heavy atom. The van der Waals surface area contributed by atoms with Crippen molar-refractivity contribution in [3.05, 3.63) is 94.4 Å². The first-order valence-electron chi connectivity index (χ1n) is 18.2. The third kappa shape index (κ3) is 3.35. The highest BCUT2D eigenvalue weighted by Crippen LogP contribution is 2.66. The van der Waals surface area contributed by atoms with Gasteiger partial charge in [-0.15, -0.1) is 0 Å². The fourth-order valence-electron chi connectivity index (χ4n) is 12.0. The van der Waals surface area contributed by atoms with Crippen LogP contribution in [0.2, 0.25) is 0 Å². The van der Waals surface area contributed by atoms with Crippen molar-refractivity contribution in [3.8, 4) is 5.75 Å². The number of fused-ring (bicyclic) bond motifs is 4. The summed E-state index contributed by atoms with van der Waals surface area (Å²) in [5, 5.41) is 5.26. The average Bonchev–Trinajstić information content (AvgIpc) is 3.80. The molecule has 7 heterocycles. The SMILES string of the molecule is CC[C@@]12C=CCN3CCc4c(n(c5ccccc45)C(c4cc5c(cc4OC)NC4=C(C(=O)OC)C[C@]6(CC)C=CCN7CC[C@@]45[C@@H]76)C1)[C@H]32. The number of benzene rings is 2. The molecule has 0 amide bonds.